The number of nitrogens with one attached hydrogen (secondary N) is 1. The monoisotopic (exact) mass is 319 g/mol. The van der Waals surface area contributed by atoms with E-state index in [4.69, 9.17) is 4.52 Å². The van der Waals surface area contributed by atoms with Crippen molar-refractivity contribution >= 4 is 21.6 Å². The molecule has 1 saturated heterocycles. The summed E-state index contributed by atoms with van der Waals surface area (Å²) in [5.41, 5.74) is 0. The molecule has 2 rings (SSSR count). The van der Waals surface area contributed by atoms with Crippen LogP contribution in [0.1, 0.15) is 25.6 Å². The fraction of sp³-hybridized carbons (Fsp3) is 0.833. The molecule has 1 aliphatic heterocycles. The lowest BCUT2D eigenvalue weighted by Gasteiger charge is -2.21. The van der Waals surface area contributed by atoms with E-state index in [-0.39, 0.29) is 17.5 Å². The molecule has 0 bridgehead atoms. The van der Waals surface area contributed by atoms with Crippen LogP contribution in [0.5, 0.6) is 0 Å². The van der Waals surface area contributed by atoms with Gasteiger partial charge >= 0.3 is 0 Å². The zero-order chi connectivity index (χ0) is 14.6. The summed E-state index contributed by atoms with van der Waals surface area (Å²) in [5, 5.41) is 7.11. The molecular formula is C12H21N3O3S2. The Bertz CT molecular complexity index is 528. The second-order valence-corrected chi connectivity index (χ2v) is 8.74. The minimum atomic E-state index is -2.93. The molecule has 8 heteroatoms. The summed E-state index contributed by atoms with van der Waals surface area (Å²) in [5.74, 6) is 3.99. The van der Waals surface area contributed by atoms with E-state index in [0.29, 0.717) is 30.6 Å². The van der Waals surface area contributed by atoms with Crippen molar-refractivity contribution < 1.29 is 12.9 Å². The third-order valence-electron chi connectivity index (χ3n) is 2.91. The molecule has 1 aromatic rings. The third-order valence-corrected chi connectivity index (χ3v) is 6.02. The van der Waals surface area contributed by atoms with Crippen LogP contribution in [0.3, 0.4) is 0 Å². The Hall–Kier alpha value is -0.600. The Kier molecular flexibility index (Phi) is 5.45. The van der Waals surface area contributed by atoms with Gasteiger partial charge in [0.05, 0.1) is 17.3 Å². The number of hydrogen-bond donors (Lipinski definition) is 1. The molecule has 0 aliphatic carbocycles. The third kappa shape index (κ3) is 5.06. The van der Waals surface area contributed by atoms with Gasteiger partial charge in [-0.3, -0.25) is 0 Å². The topological polar surface area (TPSA) is 85.1 Å². The highest BCUT2D eigenvalue weighted by Gasteiger charge is 2.26. The van der Waals surface area contributed by atoms with Gasteiger partial charge in [-0.2, -0.15) is 16.7 Å². The molecule has 6 nitrogen and oxygen atoms in total. The first kappa shape index (κ1) is 15.8. The van der Waals surface area contributed by atoms with Crippen molar-refractivity contribution in [2.45, 2.75) is 32.1 Å². The predicted molar refractivity (Wildman–Crippen MR) is 79.4 cm³/mol. The highest BCUT2D eigenvalue weighted by atomic mass is 32.2. The second-order valence-electron chi connectivity index (χ2n) is 5.48. The molecular weight excluding hydrogens is 298 g/mol. The molecule has 0 radical (unpaired) electrons. The normalized spacial score (nSPS) is 22.2. The fourth-order valence-electron chi connectivity index (χ4n) is 2.03. The Balaban J connectivity index is 1.83. The van der Waals surface area contributed by atoms with E-state index in [9.17, 15) is 8.42 Å². The van der Waals surface area contributed by atoms with Gasteiger partial charge < -0.3 is 9.84 Å². The smallest absolute Gasteiger partial charge is 0.228 e. The molecule has 1 unspecified atom stereocenters. The molecule has 0 amide bonds. The van der Waals surface area contributed by atoms with Gasteiger partial charge in [0.2, 0.25) is 5.89 Å². The van der Waals surface area contributed by atoms with Gasteiger partial charge in [0.25, 0.3) is 0 Å². The Labute approximate surface area is 124 Å². The van der Waals surface area contributed by atoms with Gasteiger partial charge in [-0.05, 0) is 11.7 Å². The number of nitrogens with zero attached hydrogens (tertiary/aromatic N) is 2. The number of hydrogen-bond acceptors (Lipinski definition) is 7. The molecule has 0 spiro atoms. The quantitative estimate of drug-likeness (QED) is 0.833. The highest BCUT2D eigenvalue weighted by molar-refractivity contribution is 7.98. The Morgan fingerprint density at radius 3 is 3.00 bits per heavy atom. The van der Waals surface area contributed by atoms with Crippen LogP contribution in [0.25, 0.3) is 0 Å². The van der Waals surface area contributed by atoms with Crippen molar-refractivity contribution in [1.82, 2.24) is 15.5 Å². The first-order valence-electron chi connectivity index (χ1n) is 6.77. The lowest BCUT2D eigenvalue weighted by atomic mass is 10.2. The maximum absolute atomic E-state index is 11.6. The van der Waals surface area contributed by atoms with Crippen LogP contribution in [-0.2, 0) is 22.0 Å². The van der Waals surface area contributed by atoms with Crippen molar-refractivity contribution in [2.24, 2.45) is 5.92 Å². The average molecular weight is 319 g/mol. The summed E-state index contributed by atoms with van der Waals surface area (Å²) in [6, 6.07) is -0.120. The molecule has 0 aromatic carbocycles. The number of rotatable bonds is 6. The van der Waals surface area contributed by atoms with Crippen LogP contribution in [0.2, 0.25) is 0 Å². The van der Waals surface area contributed by atoms with Crippen LogP contribution in [0.4, 0.5) is 0 Å². The molecule has 1 aliphatic rings. The van der Waals surface area contributed by atoms with E-state index in [2.05, 4.69) is 29.3 Å². The summed E-state index contributed by atoms with van der Waals surface area (Å²) in [7, 11) is -2.93. The zero-order valence-electron chi connectivity index (χ0n) is 11.8. The van der Waals surface area contributed by atoms with Gasteiger partial charge in [-0.1, -0.05) is 19.0 Å². The summed E-state index contributed by atoms with van der Waals surface area (Å²) in [6.45, 7) is 4.84. The lowest BCUT2D eigenvalue weighted by Crippen LogP contribution is -2.46. The van der Waals surface area contributed by atoms with E-state index in [1.807, 2.05) is 0 Å². The van der Waals surface area contributed by atoms with Gasteiger partial charge in [-0.15, -0.1) is 0 Å². The largest absolute Gasteiger partial charge is 0.339 e. The number of aromatic nitrogens is 2. The summed E-state index contributed by atoms with van der Waals surface area (Å²) in [6.07, 6.45) is 0.473. The molecule has 20 heavy (non-hydrogen) atoms. The van der Waals surface area contributed by atoms with Crippen molar-refractivity contribution in [3.63, 3.8) is 0 Å². The summed E-state index contributed by atoms with van der Waals surface area (Å²) >= 11 is 1.78. The summed E-state index contributed by atoms with van der Waals surface area (Å²) < 4.78 is 28.3. The Morgan fingerprint density at radius 1 is 1.50 bits per heavy atom. The zero-order valence-corrected chi connectivity index (χ0v) is 13.5. The van der Waals surface area contributed by atoms with Crippen LogP contribution < -0.4 is 5.32 Å². The van der Waals surface area contributed by atoms with Gasteiger partial charge in [0.1, 0.15) is 0 Å². The van der Waals surface area contributed by atoms with Gasteiger partial charge in [0.15, 0.2) is 15.7 Å². The first-order valence-corrected chi connectivity index (χ1v) is 9.75. The number of sulfone groups is 1. The fourth-order valence-corrected chi connectivity index (χ4v) is 4.36. The molecule has 1 fully saturated rings. The average Bonchev–Trinajstić information content (AvgIpc) is 2.75. The highest BCUT2D eigenvalue weighted by Crippen LogP contribution is 2.14. The van der Waals surface area contributed by atoms with Crippen LogP contribution in [-0.4, -0.2) is 48.4 Å². The maximum atomic E-state index is 11.6. The molecule has 114 valence electrons. The van der Waals surface area contributed by atoms with Crippen LogP contribution in [0.15, 0.2) is 4.52 Å². The SMILES string of the molecule is CC(C)CSCc1noc(CC2CS(=O)(=O)CCN2)n1. The van der Waals surface area contributed by atoms with E-state index < -0.39 is 9.84 Å². The molecule has 1 N–H and O–H groups in total. The maximum Gasteiger partial charge on any atom is 0.228 e. The van der Waals surface area contributed by atoms with E-state index in [1.165, 1.54) is 0 Å². The predicted octanol–water partition coefficient (Wildman–Crippen LogP) is 0.888. The van der Waals surface area contributed by atoms with Gasteiger partial charge in [-0.25, -0.2) is 8.42 Å². The molecule has 1 atom stereocenters. The van der Waals surface area contributed by atoms with Gasteiger partial charge in [0, 0.05) is 19.0 Å². The van der Waals surface area contributed by atoms with Crippen molar-refractivity contribution in [3.8, 4) is 0 Å². The minimum absolute atomic E-state index is 0.120. The van der Waals surface area contributed by atoms with Crippen LogP contribution >= 0.6 is 11.8 Å². The van der Waals surface area contributed by atoms with Crippen molar-refractivity contribution in [1.29, 1.82) is 0 Å². The molecule has 2 heterocycles. The summed E-state index contributed by atoms with van der Waals surface area (Å²) in [4.78, 5) is 4.32. The van der Waals surface area contributed by atoms with E-state index in [1.54, 1.807) is 11.8 Å². The molecule has 1 aromatic heterocycles. The van der Waals surface area contributed by atoms with Crippen molar-refractivity contribution in [3.05, 3.63) is 11.7 Å². The van der Waals surface area contributed by atoms with Crippen LogP contribution in [0, 0.1) is 5.92 Å². The van der Waals surface area contributed by atoms with E-state index in [0.717, 1.165) is 11.5 Å². The number of thioether (sulfide) groups is 1. The minimum Gasteiger partial charge on any atom is -0.339 e. The Morgan fingerprint density at radius 2 is 2.30 bits per heavy atom. The van der Waals surface area contributed by atoms with E-state index >= 15 is 0 Å². The van der Waals surface area contributed by atoms with Crippen molar-refractivity contribution in [2.75, 3.05) is 23.8 Å². The lowest BCUT2D eigenvalue weighted by molar-refractivity contribution is 0.358. The first-order chi connectivity index (χ1) is 9.44. The molecule has 0 saturated carbocycles. The standard InChI is InChI=1S/C12H21N3O3S2/c1-9(2)6-19-7-11-14-12(18-15-11)5-10-8-20(16,17)4-3-13-10/h9-10,13H,3-8H2,1-2H3. The second kappa shape index (κ2) is 6.91.